The van der Waals surface area contributed by atoms with E-state index in [0.717, 1.165) is 12.8 Å². The molecule has 0 bridgehead atoms. The van der Waals surface area contributed by atoms with E-state index in [1.807, 2.05) is 9.80 Å². The third kappa shape index (κ3) is 3.48. The Morgan fingerprint density at radius 3 is 2.43 bits per heavy atom. The first-order valence-electron chi connectivity index (χ1n) is 9.88. The number of anilines is 1. The molecule has 8 nitrogen and oxygen atoms in total. The Hall–Kier alpha value is -3.10. The van der Waals surface area contributed by atoms with E-state index in [2.05, 4.69) is 9.97 Å². The first-order chi connectivity index (χ1) is 14.6. The molecule has 1 aromatic heterocycles. The minimum Gasteiger partial charge on any atom is -0.493 e. The quantitative estimate of drug-likeness (QED) is 0.741. The molecule has 2 atom stereocenters. The molecule has 160 valence electrons. The number of benzene rings is 1. The zero-order chi connectivity index (χ0) is 21.3. The van der Waals surface area contributed by atoms with Crippen LogP contribution >= 0.6 is 0 Å². The van der Waals surface area contributed by atoms with Gasteiger partial charge in [0.2, 0.25) is 5.75 Å². The van der Waals surface area contributed by atoms with Crippen molar-refractivity contribution in [3.8, 4) is 17.2 Å². The summed E-state index contributed by atoms with van der Waals surface area (Å²) in [6.45, 7) is 1.90. The number of fused-ring (bicyclic) bond motifs is 1. The maximum atomic E-state index is 14.2. The second-order valence-corrected chi connectivity index (χ2v) is 7.46. The van der Waals surface area contributed by atoms with Crippen molar-refractivity contribution in [2.24, 2.45) is 5.92 Å². The molecule has 2 saturated heterocycles. The van der Waals surface area contributed by atoms with Crippen LogP contribution in [0.1, 0.15) is 23.2 Å². The van der Waals surface area contributed by atoms with Gasteiger partial charge in [-0.05, 0) is 30.9 Å². The summed E-state index contributed by atoms with van der Waals surface area (Å²) in [4.78, 5) is 25.0. The lowest BCUT2D eigenvalue weighted by Crippen LogP contribution is -2.50. The Kier molecular flexibility index (Phi) is 5.61. The number of hydrogen-bond acceptors (Lipinski definition) is 7. The summed E-state index contributed by atoms with van der Waals surface area (Å²) >= 11 is 0. The van der Waals surface area contributed by atoms with Crippen LogP contribution in [0.5, 0.6) is 17.2 Å². The van der Waals surface area contributed by atoms with Crippen LogP contribution in [0.3, 0.4) is 0 Å². The zero-order valence-corrected chi connectivity index (χ0v) is 17.3. The van der Waals surface area contributed by atoms with Crippen molar-refractivity contribution in [1.82, 2.24) is 14.9 Å². The molecule has 2 aliphatic rings. The molecule has 9 heteroatoms. The van der Waals surface area contributed by atoms with Gasteiger partial charge in [-0.3, -0.25) is 4.79 Å². The van der Waals surface area contributed by atoms with E-state index in [1.54, 1.807) is 12.1 Å². The second kappa shape index (κ2) is 8.33. The maximum absolute atomic E-state index is 14.2. The summed E-state index contributed by atoms with van der Waals surface area (Å²) in [6, 6.07) is 3.32. The average molecular weight is 416 g/mol. The van der Waals surface area contributed by atoms with Gasteiger partial charge in [-0.2, -0.15) is 0 Å². The fourth-order valence-electron chi connectivity index (χ4n) is 4.49. The first-order valence-corrected chi connectivity index (χ1v) is 9.88. The predicted molar refractivity (Wildman–Crippen MR) is 108 cm³/mol. The van der Waals surface area contributed by atoms with Gasteiger partial charge in [0, 0.05) is 25.2 Å². The SMILES string of the molecule is COc1cc(C(=O)N2CCC3CCN(c4ncncc4F)CC32)cc(OC)c1OC. The van der Waals surface area contributed by atoms with E-state index in [1.165, 1.54) is 33.9 Å². The molecule has 2 unspecified atom stereocenters. The fraction of sp³-hybridized carbons (Fsp3) is 0.476. The van der Waals surface area contributed by atoms with Crippen molar-refractivity contribution in [3.05, 3.63) is 36.0 Å². The number of nitrogens with zero attached hydrogens (tertiary/aromatic N) is 4. The lowest BCUT2D eigenvalue weighted by atomic mass is 9.92. The van der Waals surface area contributed by atoms with Crippen molar-refractivity contribution in [3.63, 3.8) is 0 Å². The van der Waals surface area contributed by atoms with Gasteiger partial charge in [0.15, 0.2) is 23.1 Å². The number of amides is 1. The number of rotatable bonds is 5. The predicted octanol–water partition coefficient (Wildman–Crippen LogP) is 2.38. The zero-order valence-electron chi connectivity index (χ0n) is 17.3. The monoisotopic (exact) mass is 416 g/mol. The highest BCUT2D eigenvalue weighted by atomic mass is 19.1. The Labute approximate surface area is 174 Å². The Morgan fingerprint density at radius 2 is 1.80 bits per heavy atom. The number of halogens is 1. The van der Waals surface area contributed by atoms with Crippen LogP contribution in [0, 0.1) is 11.7 Å². The first kappa shape index (κ1) is 20.2. The van der Waals surface area contributed by atoms with Crippen molar-refractivity contribution >= 4 is 11.7 Å². The highest BCUT2D eigenvalue weighted by Gasteiger charge is 2.41. The van der Waals surface area contributed by atoms with Gasteiger partial charge < -0.3 is 24.0 Å². The molecule has 2 aromatic rings. The van der Waals surface area contributed by atoms with E-state index >= 15 is 0 Å². The van der Waals surface area contributed by atoms with E-state index in [0.29, 0.717) is 48.4 Å². The summed E-state index contributed by atoms with van der Waals surface area (Å²) in [5, 5.41) is 0. The van der Waals surface area contributed by atoms with Crippen LogP contribution in [-0.2, 0) is 0 Å². The van der Waals surface area contributed by atoms with Crippen LogP contribution in [0.2, 0.25) is 0 Å². The summed E-state index contributed by atoms with van der Waals surface area (Å²) in [5.74, 6) is 1.43. The van der Waals surface area contributed by atoms with Crippen molar-refractivity contribution in [1.29, 1.82) is 0 Å². The number of piperidine rings is 1. The number of aromatic nitrogens is 2. The number of carbonyl (C=O) groups is 1. The third-order valence-corrected chi connectivity index (χ3v) is 5.98. The van der Waals surface area contributed by atoms with Gasteiger partial charge in [-0.1, -0.05) is 0 Å². The molecular weight excluding hydrogens is 391 g/mol. The van der Waals surface area contributed by atoms with Crippen molar-refractivity contribution < 1.29 is 23.4 Å². The van der Waals surface area contributed by atoms with E-state index in [4.69, 9.17) is 14.2 Å². The standard InChI is InChI=1S/C21H25FN4O4/c1-28-17-8-14(9-18(29-2)19(17)30-3)21(27)26-7-5-13-4-6-25(11-16(13)26)20-15(22)10-23-12-24-20/h8-10,12-13,16H,4-7,11H2,1-3H3. The van der Waals surface area contributed by atoms with Crippen LogP contribution in [0.4, 0.5) is 10.2 Å². The number of hydrogen-bond donors (Lipinski definition) is 0. The second-order valence-electron chi connectivity index (χ2n) is 7.46. The lowest BCUT2D eigenvalue weighted by molar-refractivity contribution is 0.0711. The minimum absolute atomic E-state index is 0.0142. The lowest BCUT2D eigenvalue weighted by Gasteiger charge is -2.39. The molecule has 2 fully saturated rings. The smallest absolute Gasteiger partial charge is 0.254 e. The van der Waals surface area contributed by atoms with Gasteiger partial charge in [-0.15, -0.1) is 0 Å². The molecule has 1 aromatic carbocycles. The molecule has 0 spiro atoms. The highest BCUT2D eigenvalue weighted by Crippen LogP contribution is 2.40. The summed E-state index contributed by atoms with van der Waals surface area (Å²) < 4.78 is 30.3. The maximum Gasteiger partial charge on any atom is 0.254 e. The number of carbonyl (C=O) groups excluding carboxylic acids is 1. The largest absolute Gasteiger partial charge is 0.493 e. The number of ether oxygens (including phenoxy) is 3. The van der Waals surface area contributed by atoms with Crippen molar-refractivity contribution in [2.75, 3.05) is 45.9 Å². The molecule has 4 rings (SSSR count). The van der Waals surface area contributed by atoms with Gasteiger partial charge in [-0.25, -0.2) is 14.4 Å². The van der Waals surface area contributed by atoms with Crippen LogP contribution < -0.4 is 19.1 Å². The van der Waals surface area contributed by atoms with Gasteiger partial charge >= 0.3 is 0 Å². The summed E-state index contributed by atoms with van der Waals surface area (Å²) in [6.07, 6.45) is 4.33. The van der Waals surface area contributed by atoms with E-state index in [-0.39, 0.29) is 17.8 Å². The molecule has 2 aliphatic heterocycles. The highest BCUT2D eigenvalue weighted by molar-refractivity contribution is 5.96. The Morgan fingerprint density at radius 1 is 1.10 bits per heavy atom. The van der Waals surface area contributed by atoms with Crippen molar-refractivity contribution in [2.45, 2.75) is 18.9 Å². The molecule has 0 N–H and O–H groups in total. The normalized spacial score (nSPS) is 20.7. The molecular formula is C21H25FN4O4. The Bertz CT molecular complexity index is 916. The molecule has 0 saturated carbocycles. The average Bonchev–Trinajstić information content (AvgIpc) is 3.21. The molecule has 30 heavy (non-hydrogen) atoms. The van der Waals surface area contributed by atoms with Gasteiger partial charge in [0.1, 0.15) is 6.33 Å². The topological polar surface area (TPSA) is 77.0 Å². The number of methoxy groups -OCH3 is 3. The summed E-state index contributed by atoms with van der Waals surface area (Å²) in [7, 11) is 4.56. The van der Waals surface area contributed by atoms with Gasteiger partial charge in [0.25, 0.3) is 5.91 Å². The van der Waals surface area contributed by atoms with Crippen LogP contribution in [0.25, 0.3) is 0 Å². The summed E-state index contributed by atoms with van der Waals surface area (Å²) in [5.41, 5.74) is 0.468. The van der Waals surface area contributed by atoms with Gasteiger partial charge in [0.05, 0.1) is 33.6 Å². The van der Waals surface area contributed by atoms with E-state index in [9.17, 15) is 9.18 Å². The van der Waals surface area contributed by atoms with E-state index < -0.39 is 5.82 Å². The molecule has 3 heterocycles. The molecule has 0 aliphatic carbocycles. The molecule has 0 radical (unpaired) electrons. The Balaban J connectivity index is 1.60. The number of likely N-dealkylation sites (tertiary alicyclic amines) is 1. The third-order valence-electron chi connectivity index (χ3n) is 5.98. The molecule has 1 amide bonds. The minimum atomic E-state index is -0.448. The van der Waals surface area contributed by atoms with Crippen LogP contribution in [-0.4, -0.2) is 67.8 Å². The van der Waals surface area contributed by atoms with Crippen LogP contribution in [0.15, 0.2) is 24.7 Å². The fourth-order valence-corrected chi connectivity index (χ4v) is 4.49.